The molecule has 1 amide bonds. The number of halogens is 1. The van der Waals surface area contributed by atoms with Crippen molar-refractivity contribution < 1.29 is 13.2 Å². The maximum absolute atomic E-state index is 12.6. The molecule has 1 aliphatic heterocycles. The lowest BCUT2D eigenvalue weighted by Gasteiger charge is -2.13. The fourth-order valence-corrected chi connectivity index (χ4v) is 3.97. The highest BCUT2D eigenvalue weighted by Gasteiger charge is 2.26. The fourth-order valence-electron chi connectivity index (χ4n) is 2.56. The Bertz CT molecular complexity index is 910. The van der Waals surface area contributed by atoms with E-state index >= 15 is 0 Å². The van der Waals surface area contributed by atoms with Crippen LogP contribution in [0.1, 0.15) is 11.1 Å². The molecule has 2 aromatic carbocycles. The van der Waals surface area contributed by atoms with E-state index in [0.717, 1.165) is 11.3 Å². The maximum Gasteiger partial charge on any atom is 0.261 e. The summed E-state index contributed by atoms with van der Waals surface area (Å²) in [7, 11) is -2.05. The summed E-state index contributed by atoms with van der Waals surface area (Å²) in [6.45, 7) is 1.78. The van der Waals surface area contributed by atoms with Crippen LogP contribution < -0.4 is 9.62 Å². The minimum Gasteiger partial charge on any atom is -0.315 e. The zero-order valence-corrected chi connectivity index (χ0v) is 14.2. The van der Waals surface area contributed by atoms with Crippen molar-refractivity contribution in [2.45, 2.75) is 18.2 Å². The highest BCUT2D eigenvalue weighted by molar-refractivity contribution is 7.92. The summed E-state index contributed by atoms with van der Waals surface area (Å²) >= 11 is 5.88. The predicted octanol–water partition coefficient (Wildman–Crippen LogP) is 2.97. The number of benzene rings is 2. The van der Waals surface area contributed by atoms with Crippen LogP contribution in [0.3, 0.4) is 0 Å². The normalized spacial score (nSPS) is 14.0. The number of nitrogens with zero attached hydrogens (tertiary/aromatic N) is 1. The summed E-state index contributed by atoms with van der Waals surface area (Å²) in [5.74, 6) is -0.0453. The van der Waals surface area contributed by atoms with Crippen LogP contribution in [0.15, 0.2) is 41.3 Å². The van der Waals surface area contributed by atoms with Gasteiger partial charge in [0, 0.05) is 17.8 Å². The first kappa shape index (κ1) is 15.8. The van der Waals surface area contributed by atoms with Crippen molar-refractivity contribution in [2.75, 3.05) is 16.7 Å². The van der Waals surface area contributed by atoms with Crippen LogP contribution in [0, 0.1) is 6.92 Å². The van der Waals surface area contributed by atoms with E-state index in [4.69, 9.17) is 11.6 Å². The molecule has 2 aromatic rings. The van der Waals surface area contributed by atoms with Crippen molar-refractivity contribution in [1.82, 2.24) is 0 Å². The lowest BCUT2D eigenvalue weighted by molar-refractivity contribution is -0.117. The van der Waals surface area contributed by atoms with E-state index in [2.05, 4.69) is 4.72 Å². The minimum atomic E-state index is -3.73. The molecular formula is C16H15ClN2O3S. The van der Waals surface area contributed by atoms with E-state index < -0.39 is 10.0 Å². The fraction of sp³-hybridized carbons (Fsp3) is 0.188. The van der Waals surface area contributed by atoms with Gasteiger partial charge in [0.15, 0.2) is 0 Å². The number of fused-ring (bicyclic) bond motifs is 1. The number of likely N-dealkylation sites (N-methyl/N-ethyl adjacent to an activating group) is 1. The average molecular weight is 351 g/mol. The van der Waals surface area contributed by atoms with Gasteiger partial charge in [-0.05, 0) is 54.4 Å². The van der Waals surface area contributed by atoms with Gasteiger partial charge < -0.3 is 4.90 Å². The van der Waals surface area contributed by atoms with Crippen LogP contribution in [0.25, 0.3) is 0 Å². The van der Waals surface area contributed by atoms with Gasteiger partial charge in [-0.15, -0.1) is 0 Å². The lowest BCUT2D eigenvalue weighted by Crippen LogP contribution is -2.20. The Kier molecular flexibility index (Phi) is 3.82. The maximum atomic E-state index is 12.6. The quantitative estimate of drug-likeness (QED) is 0.925. The van der Waals surface area contributed by atoms with Crippen molar-refractivity contribution in [3.05, 3.63) is 52.5 Å². The molecule has 1 N–H and O–H groups in total. The number of rotatable bonds is 3. The topological polar surface area (TPSA) is 66.5 Å². The summed E-state index contributed by atoms with van der Waals surface area (Å²) in [6.07, 6.45) is 0.217. The number of hydrogen-bond donors (Lipinski definition) is 1. The molecule has 0 aliphatic carbocycles. The molecule has 23 heavy (non-hydrogen) atoms. The van der Waals surface area contributed by atoms with E-state index in [1.54, 1.807) is 44.3 Å². The van der Waals surface area contributed by atoms with Gasteiger partial charge in [-0.1, -0.05) is 11.6 Å². The Morgan fingerprint density at radius 3 is 2.61 bits per heavy atom. The molecule has 3 rings (SSSR count). The van der Waals surface area contributed by atoms with E-state index in [9.17, 15) is 13.2 Å². The lowest BCUT2D eigenvalue weighted by atomic mass is 10.2. The highest BCUT2D eigenvalue weighted by atomic mass is 35.5. The van der Waals surface area contributed by atoms with Crippen molar-refractivity contribution >= 4 is 38.9 Å². The van der Waals surface area contributed by atoms with Crippen LogP contribution in [-0.2, 0) is 21.2 Å². The third-order valence-electron chi connectivity index (χ3n) is 3.87. The molecule has 5 nitrogen and oxygen atoms in total. The molecule has 0 fully saturated rings. The zero-order chi connectivity index (χ0) is 16.8. The van der Waals surface area contributed by atoms with Crippen LogP contribution >= 0.6 is 11.6 Å². The third kappa shape index (κ3) is 2.92. The number of amides is 1. The third-order valence-corrected chi connectivity index (χ3v) is 5.47. The first-order valence-electron chi connectivity index (χ1n) is 6.96. The Hall–Kier alpha value is -2.05. The monoisotopic (exact) mass is 350 g/mol. The number of carbonyl (C=O) groups is 1. The van der Waals surface area contributed by atoms with E-state index in [1.807, 2.05) is 0 Å². The molecule has 0 saturated heterocycles. The smallest absolute Gasteiger partial charge is 0.261 e. The Morgan fingerprint density at radius 2 is 1.91 bits per heavy atom. The number of nitrogens with one attached hydrogen (secondary N) is 1. The van der Waals surface area contributed by atoms with E-state index in [1.165, 1.54) is 11.0 Å². The summed E-state index contributed by atoms with van der Waals surface area (Å²) in [5, 5.41) is 0.546. The van der Waals surface area contributed by atoms with Crippen LogP contribution in [0.4, 0.5) is 11.4 Å². The van der Waals surface area contributed by atoms with E-state index in [-0.39, 0.29) is 17.2 Å². The van der Waals surface area contributed by atoms with Crippen molar-refractivity contribution in [3.63, 3.8) is 0 Å². The Morgan fingerprint density at radius 1 is 1.17 bits per heavy atom. The number of sulfonamides is 1. The largest absolute Gasteiger partial charge is 0.315 e. The van der Waals surface area contributed by atoms with Gasteiger partial charge in [-0.2, -0.15) is 0 Å². The molecule has 120 valence electrons. The first-order valence-corrected chi connectivity index (χ1v) is 8.82. The molecule has 0 bridgehead atoms. The van der Waals surface area contributed by atoms with Gasteiger partial charge in [-0.25, -0.2) is 8.42 Å². The minimum absolute atomic E-state index is 0.0453. The number of aryl methyl sites for hydroxylation is 1. The second-order valence-electron chi connectivity index (χ2n) is 5.48. The van der Waals surface area contributed by atoms with Crippen molar-refractivity contribution in [1.29, 1.82) is 0 Å². The predicted molar refractivity (Wildman–Crippen MR) is 90.6 cm³/mol. The second-order valence-corrected chi connectivity index (χ2v) is 7.60. The summed E-state index contributed by atoms with van der Waals surface area (Å²) < 4.78 is 27.7. The number of carbonyl (C=O) groups excluding carboxylic acids is 1. The Labute approximate surface area is 139 Å². The summed E-state index contributed by atoms with van der Waals surface area (Å²) in [4.78, 5) is 13.4. The van der Waals surface area contributed by atoms with Gasteiger partial charge in [-0.3, -0.25) is 9.52 Å². The first-order chi connectivity index (χ1) is 10.8. The van der Waals surface area contributed by atoms with Gasteiger partial charge >= 0.3 is 0 Å². The summed E-state index contributed by atoms with van der Waals surface area (Å²) in [6, 6.07) is 9.65. The van der Waals surface area contributed by atoms with Gasteiger partial charge in [0.1, 0.15) is 0 Å². The standard InChI is InChI=1S/C16H15ClN2O3S/c1-10-7-12(17)3-5-14(10)18-23(21,22)13-4-6-15-11(8-13)9-16(20)19(15)2/h3-8,18H,9H2,1-2H3. The van der Waals surface area contributed by atoms with Gasteiger partial charge in [0.05, 0.1) is 17.0 Å². The molecule has 7 heteroatoms. The van der Waals surface area contributed by atoms with Crippen LogP contribution in [0.2, 0.25) is 5.02 Å². The second kappa shape index (κ2) is 5.54. The molecular weight excluding hydrogens is 336 g/mol. The molecule has 0 saturated carbocycles. The summed E-state index contributed by atoms with van der Waals surface area (Å²) in [5.41, 5.74) is 2.67. The van der Waals surface area contributed by atoms with E-state index in [0.29, 0.717) is 16.3 Å². The molecule has 0 radical (unpaired) electrons. The van der Waals surface area contributed by atoms with Gasteiger partial charge in [0.25, 0.3) is 10.0 Å². The highest BCUT2D eigenvalue weighted by Crippen LogP contribution is 2.30. The van der Waals surface area contributed by atoms with Crippen molar-refractivity contribution in [2.24, 2.45) is 0 Å². The number of anilines is 2. The van der Waals surface area contributed by atoms with Crippen LogP contribution in [0.5, 0.6) is 0 Å². The Balaban J connectivity index is 1.95. The molecule has 0 atom stereocenters. The molecule has 1 aliphatic rings. The van der Waals surface area contributed by atoms with Crippen molar-refractivity contribution in [3.8, 4) is 0 Å². The van der Waals surface area contributed by atoms with Gasteiger partial charge in [0.2, 0.25) is 5.91 Å². The molecule has 1 heterocycles. The average Bonchev–Trinajstić information content (AvgIpc) is 2.77. The van der Waals surface area contributed by atoms with Crippen LogP contribution in [-0.4, -0.2) is 21.4 Å². The molecule has 0 unspecified atom stereocenters. The zero-order valence-electron chi connectivity index (χ0n) is 12.6. The number of hydrogen-bond acceptors (Lipinski definition) is 3. The molecule has 0 aromatic heterocycles. The molecule has 0 spiro atoms. The SMILES string of the molecule is Cc1cc(Cl)ccc1NS(=O)(=O)c1ccc2c(c1)CC(=O)N2C.